The van der Waals surface area contributed by atoms with Gasteiger partial charge in [-0.15, -0.1) is 5.10 Å². The minimum Gasteiger partial charge on any atom is -0.351 e. The smallest absolute Gasteiger partial charge is 0.154 e. The molecule has 0 unspecified atom stereocenters. The van der Waals surface area contributed by atoms with Crippen LogP contribution < -0.4 is 9.80 Å². The second-order valence-electron chi connectivity index (χ2n) is 7.89. The van der Waals surface area contributed by atoms with Crippen molar-refractivity contribution in [3.05, 3.63) is 70.8 Å². The molecule has 29 heavy (non-hydrogen) atoms. The summed E-state index contributed by atoms with van der Waals surface area (Å²) in [5.41, 5.74) is 5.72. The van der Waals surface area contributed by atoms with Crippen LogP contribution in [0.5, 0.6) is 0 Å². The predicted octanol–water partition coefficient (Wildman–Crippen LogP) is 3.50. The molecule has 2 aromatic heterocycles. The number of piperazine rings is 1. The van der Waals surface area contributed by atoms with Crippen LogP contribution in [0.25, 0.3) is 0 Å². The van der Waals surface area contributed by atoms with Gasteiger partial charge >= 0.3 is 0 Å². The second-order valence-corrected chi connectivity index (χ2v) is 7.89. The highest BCUT2D eigenvalue weighted by Crippen LogP contribution is 2.26. The minimum atomic E-state index is 0.325. The molecular formula is C23H28N6. The summed E-state index contributed by atoms with van der Waals surface area (Å²) in [6, 6.07) is 10.8. The van der Waals surface area contributed by atoms with Gasteiger partial charge in [-0.25, -0.2) is 4.98 Å². The fraction of sp³-hybridized carbons (Fsp3) is 0.391. The molecule has 150 valence electrons. The number of aryl methyl sites for hydroxylation is 1. The number of benzene rings is 1. The number of rotatable bonds is 4. The molecule has 0 spiro atoms. The lowest BCUT2D eigenvalue weighted by Crippen LogP contribution is -2.53. The van der Waals surface area contributed by atoms with Crippen molar-refractivity contribution in [3.8, 4) is 0 Å². The zero-order valence-electron chi connectivity index (χ0n) is 17.6. The van der Waals surface area contributed by atoms with Gasteiger partial charge in [-0.1, -0.05) is 30.3 Å². The lowest BCUT2D eigenvalue weighted by atomic mass is 10.0. The van der Waals surface area contributed by atoms with Crippen molar-refractivity contribution < 1.29 is 0 Å². The first-order chi connectivity index (χ1) is 14.0. The summed E-state index contributed by atoms with van der Waals surface area (Å²) in [6.45, 7) is 11.2. The van der Waals surface area contributed by atoms with E-state index in [1.807, 2.05) is 25.4 Å². The molecule has 3 heterocycles. The summed E-state index contributed by atoms with van der Waals surface area (Å²) >= 11 is 0. The van der Waals surface area contributed by atoms with Crippen LogP contribution in [0.4, 0.5) is 11.6 Å². The van der Waals surface area contributed by atoms with Gasteiger partial charge in [0.2, 0.25) is 0 Å². The molecule has 1 saturated heterocycles. The highest BCUT2D eigenvalue weighted by atomic mass is 15.3. The Hall–Kier alpha value is -3.02. The normalized spacial score (nSPS) is 16.9. The molecule has 4 rings (SSSR count). The van der Waals surface area contributed by atoms with Crippen molar-refractivity contribution in [1.82, 2.24) is 20.2 Å². The fourth-order valence-electron chi connectivity index (χ4n) is 3.92. The van der Waals surface area contributed by atoms with Crippen LogP contribution in [-0.2, 0) is 6.42 Å². The van der Waals surface area contributed by atoms with Crippen molar-refractivity contribution in [3.63, 3.8) is 0 Å². The fourth-order valence-corrected chi connectivity index (χ4v) is 3.92. The summed E-state index contributed by atoms with van der Waals surface area (Å²) in [6.07, 6.45) is 4.52. The van der Waals surface area contributed by atoms with Gasteiger partial charge in [0, 0.05) is 32.1 Å². The number of hydrogen-bond donors (Lipinski definition) is 0. The van der Waals surface area contributed by atoms with Gasteiger partial charge < -0.3 is 9.80 Å². The highest BCUT2D eigenvalue weighted by molar-refractivity contribution is 5.52. The standard InChI is InChI=1S/C23H28N6/c1-16-13-25-22(14-24-16)29-11-10-28(15-17(29)2)23-19(4)18(3)21(26-27-23)12-20-8-6-5-7-9-20/h5-9,13-14,17H,10-12,15H2,1-4H3/t17-/m1/s1. The molecule has 0 radical (unpaired) electrons. The molecule has 0 N–H and O–H groups in total. The number of nitrogens with zero attached hydrogens (tertiary/aromatic N) is 6. The van der Waals surface area contributed by atoms with Gasteiger partial charge in [0.25, 0.3) is 0 Å². The van der Waals surface area contributed by atoms with E-state index in [0.717, 1.165) is 49.1 Å². The van der Waals surface area contributed by atoms with Crippen LogP contribution in [0.1, 0.15) is 35.0 Å². The topological polar surface area (TPSA) is 58.0 Å². The van der Waals surface area contributed by atoms with Crippen LogP contribution >= 0.6 is 0 Å². The number of hydrogen-bond acceptors (Lipinski definition) is 6. The van der Waals surface area contributed by atoms with Crippen molar-refractivity contribution in [2.75, 3.05) is 29.4 Å². The van der Waals surface area contributed by atoms with E-state index in [9.17, 15) is 0 Å². The van der Waals surface area contributed by atoms with Gasteiger partial charge in [-0.3, -0.25) is 4.98 Å². The molecule has 0 saturated carbocycles. The Bertz CT molecular complexity index is 971. The van der Waals surface area contributed by atoms with E-state index in [1.54, 1.807) is 0 Å². The van der Waals surface area contributed by atoms with Crippen LogP contribution in [0.3, 0.4) is 0 Å². The first-order valence-electron chi connectivity index (χ1n) is 10.2. The number of aromatic nitrogens is 4. The first-order valence-corrected chi connectivity index (χ1v) is 10.2. The van der Waals surface area contributed by atoms with E-state index >= 15 is 0 Å². The third kappa shape index (κ3) is 4.06. The molecule has 0 aliphatic carbocycles. The van der Waals surface area contributed by atoms with Gasteiger partial charge in [-0.05, 0) is 44.4 Å². The van der Waals surface area contributed by atoms with Crippen molar-refractivity contribution in [1.29, 1.82) is 0 Å². The second kappa shape index (κ2) is 8.15. The van der Waals surface area contributed by atoms with Crippen LogP contribution in [0.15, 0.2) is 42.7 Å². The maximum atomic E-state index is 4.63. The Morgan fingerprint density at radius 1 is 0.931 bits per heavy atom. The molecule has 0 amide bonds. The molecule has 6 heteroatoms. The van der Waals surface area contributed by atoms with Crippen molar-refractivity contribution in [2.45, 2.75) is 40.2 Å². The van der Waals surface area contributed by atoms with E-state index in [1.165, 1.54) is 16.7 Å². The zero-order chi connectivity index (χ0) is 20.4. The summed E-state index contributed by atoms with van der Waals surface area (Å²) < 4.78 is 0. The summed E-state index contributed by atoms with van der Waals surface area (Å²) in [5, 5.41) is 9.23. The molecular weight excluding hydrogens is 360 g/mol. The predicted molar refractivity (Wildman–Crippen MR) is 117 cm³/mol. The maximum Gasteiger partial charge on any atom is 0.154 e. The molecule has 6 nitrogen and oxygen atoms in total. The molecule has 1 aliphatic rings. The average molecular weight is 389 g/mol. The lowest BCUT2D eigenvalue weighted by molar-refractivity contribution is 0.539. The van der Waals surface area contributed by atoms with Gasteiger partial charge in [0.1, 0.15) is 5.82 Å². The largest absolute Gasteiger partial charge is 0.351 e. The molecule has 0 bridgehead atoms. The molecule has 1 atom stereocenters. The summed E-state index contributed by atoms with van der Waals surface area (Å²) in [7, 11) is 0. The molecule has 1 aliphatic heterocycles. The van der Waals surface area contributed by atoms with Crippen molar-refractivity contribution >= 4 is 11.6 Å². The lowest BCUT2D eigenvalue weighted by Gasteiger charge is -2.41. The average Bonchev–Trinajstić information content (AvgIpc) is 2.73. The number of anilines is 2. The SMILES string of the molecule is Cc1cnc(N2CCN(c3nnc(Cc4ccccc4)c(C)c3C)C[C@H]2C)cn1. The monoisotopic (exact) mass is 388 g/mol. The third-order valence-corrected chi connectivity index (χ3v) is 5.80. The minimum absolute atomic E-state index is 0.325. The van der Waals surface area contributed by atoms with Gasteiger partial charge in [0.15, 0.2) is 5.82 Å². The summed E-state index contributed by atoms with van der Waals surface area (Å²) in [4.78, 5) is 13.6. The Morgan fingerprint density at radius 3 is 2.41 bits per heavy atom. The Balaban J connectivity index is 1.50. The van der Waals surface area contributed by atoms with E-state index in [-0.39, 0.29) is 0 Å². The van der Waals surface area contributed by atoms with E-state index < -0.39 is 0 Å². The van der Waals surface area contributed by atoms with E-state index in [4.69, 9.17) is 0 Å². The Kier molecular flexibility index (Phi) is 5.43. The summed E-state index contributed by atoms with van der Waals surface area (Å²) in [5.74, 6) is 1.95. The Morgan fingerprint density at radius 2 is 1.72 bits per heavy atom. The molecule has 1 fully saturated rings. The van der Waals surface area contributed by atoms with Crippen LogP contribution in [0.2, 0.25) is 0 Å². The van der Waals surface area contributed by atoms with Crippen molar-refractivity contribution in [2.24, 2.45) is 0 Å². The van der Waals surface area contributed by atoms with Gasteiger partial charge in [-0.2, -0.15) is 5.10 Å². The highest BCUT2D eigenvalue weighted by Gasteiger charge is 2.27. The quantitative estimate of drug-likeness (QED) is 0.682. The molecule has 3 aromatic rings. The van der Waals surface area contributed by atoms with Gasteiger partial charge in [0.05, 0.1) is 23.8 Å². The Labute approximate surface area is 172 Å². The molecule has 1 aromatic carbocycles. The van der Waals surface area contributed by atoms with Crippen LogP contribution in [-0.4, -0.2) is 45.8 Å². The zero-order valence-corrected chi connectivity index (χ0v) is 17.6. The van der Waals surface area contributed by atoms with Crippen LogP contribution in [0, 0.1) is 20.8 Å². The van der Waals surface area contributed by atoms with E-state index in [0.29, 0.717) is 6.04 Å². The van der Waals surface area contributed by atoms with E-state index in [2.05, 4.69) is 75.0 Å². The third-order valence-electron chi connectivity index (χ3n) is 5.80. The first kappa shape index (κ1) is 19.3. The maximum absolute atomic E-state index is 4.63.